The minimum Gasteiger partial charge on any atom is -0.395 e. The second-order valence-electron chi connectivity index (χ2n) is 6.06. The topological polar surface area (TPSA) is 81.6 Å². The number of aliphatic hydroxyl groups is 1. The van der Waals surface area contributed by atoms with Gasteiger partial charge in [0, 0.05) is 18.2 Å². The average Bonchev–Trinajstić information content (AvgIpc) is 2.92. The van der Waals surface area contributed by atoms with E-state index in [4.69, 9.17) is 5.21 Å². The average molecular weight is 304 g/mol. The summed E-state index contributed by atoms with van der Waals surface area (Å²) in [5, 5.41) is 21.5. The van der Waals surface area contributed by atoms with Gasteiger partial charge in [-0.25, -0.2) is 5.48 Å². The zero-order valence-electron chi connectivity index (χ0n) is 13.0. The van der Waals surface area contributed by atoms with Crippen molar-refractivity contribution in [2.45, 2.75) is 38.8 Å². The highest BCUT2D eigenvalue weighted by atomic mass is 16.5. The monoisotopic (exact) mass is 304 g/mol. The van der Waals surface area contributed by atoms with E-state index in [1.165, 1.54) is 17.2 Å². The summed E-state index contributed by atoms with van der Waals surface area (Å²) in [4.78, 5) is 11.0. The molecule has 4 N–H and O–H groups in total. The highest BCUT2D eigenvalue weighted by Crippen LogP contribution is 2.32. The molecule has 0 aromatic heterocycles. The number of hydrogen-bond donors (Lipinski definition) is 4. The number of aliphatic hydroxyl groups excluding tert-OH is 1. The number of carbonyl (C=O) groups is 1. The molecular weight excluding hydrogens is 280 g/mol. The standard InChI is InChI=1S/C17H24N2O3/c1-11(2)16(10-20)18-15-7-5-13-9-12(3-6-14(13)15)4-8-17(21)19-22/h3-4,6,8-9,11,15-16,18,20,22H,5,7,10H2,1-2H3,(H,19,21)/b8-4+. The molecule has 0 aliphatic heterocycles. The van der Waals surface area contributed by atoms with Crippen LogP contribution in [0.4, 0.5) is 0 Å². The summed E-state index contributed by atoms with van der Waals surface area (Å²) < 4.78 is 0. The van der Waals surface area contributed by atoms with Gasteiger partial charge in [0.1, 0.15) is 0 Å². The summed E-state index contributed by atoms with van der Waals surface area (Å²) in [6.07, 6.45) is 4.98. The molecule has 2 atom stereocenters. The predicted octanol–water partition coefficient (Wildman–Crippen LogP) is 1.80. The maximum atomic E-state index is 11.0. The Bertz CT molecular complexity index is 555. The molecule has 1 aromatic carbocycles. The van der Waals surface area contributed by atoms with E-state index in [2.05, 4.69) is 31.3 Å². The number of fused-ring (bicyclic) bond motifs is 1. The lowest BCUT2D eigenvalue weighted by atomic mass is 10.0. The van der Waals surface area contributed by atoms with Crippen molar-refractivity contribution in [3.8, 4) is 0 Å². The van der Waals surface area contributed by atoms with Crippen LogP contribution in [0.25, 0.3) is 6.08 Å². The molecule has 0 spiro atoms. The number of amides is 1. The third-order valence-corrected chi connectivity index (χ3v) is 4.20. The van der Waals surface area contributed by atoms with Crippen molar-refractivity contribution < 1.29 is 15.1 Å². The van der Waals surface area contributed by atoms with E-state index in [9.17, 15) is 9.90 Å². The van der Waals surface area contributed by atoms with Gasteiger partial charge in [-0.1, -0.05) is 32.0 Å². The van der Waals surface area contributed by atoms with Gasteiger partial charge in [0.15, 0.2) is 0 Å². The summed E-state index contributed by atoms with van der Waals surface area (Å²) >= 11 is 0. The van der Waals surface area contributed by atoms with Crippen molar-refractivity contribution in [3.63, 3.8) is 0 Å². The fourth-order valence-electron chi connectivity index (χ4n) is 2.84. The van der Waals surface area contributed by atoms with E-state index >= 15 is 0 Å². The second-order valence-corrected chi connectivity index (χ2v) is 6.06. The smallest absolute Gasteiger partial charge is 0.267 e. The normalized spacial score (nSPS) is 18.7. The summed E-state index contributed by atoms with van der Waals surface area (Å²) in [7, 11) is 0. The Morgan fingerprint density at radius 2 is 2.23 bits per heavy atom. The first-order chi connectivity index (χ1) is 10.5. The first kappa shape index (κ1) is 16.7. The molecular formula is C17H24N2O3. The third-order valence-electron chi connectivity index (χ3n) is 4.20. The molecule has 2 unspecified atom stereocenters. The van der Waals surface area contributed by atoms with Crippen LogP contribution in [0.3, 0.4) is 0 Å². The predicted molar refractivity (Wildman–Crippen MR) is 85.3 cm³/mol. The van der Waals surface area contributed by atoms with E-state index in [0.717, 1.165) is 18.4 Å². The molecule has 1 aliphatic rings. The first-order valence-electron chi connectivity index (χ1n) is 7.67. The van der Waals surface area contributed by atoms with Crippen LogP contribution in [0.1, 0.15) is 43.0 Å². The lowest BCUT2D eigenvalue weighted by Crippen LogP contribution is -2.38. The molecule has 1 aromatic rings. The van der Waals surface area contributed by atoms with E-state index in [1.807, 2.05) is 6.07 Å². The van der Waals surface area contributed by atoms with Crippen LogP contribution in [0.15, 0.2) is 24.3 Å². The maximum absolute atomic E-state index is 11.0. The SMILES string of the molecule is CC(C)C(CO)NC1CCc2cc(/C=C/C(=O)NO)ccc21. The van der Waals surface area contributed by atoms with Crippen LogP contribution < -0.4 is 10.8 Å². The number of carbonyl (C=O) groups excluding carboxylic acids is 1. The summed E-state index contributed by atoms with van der Waals surface area (Å²) in [6.45, 7) is 4.34. The van der Waals surface area contributed by atoms with E-state index in [-0.39, 0.29) is 18.7 Å². The van der Waals surface area contributed by atoms with Crippen molar-refractivity contribution in [3.05, 3.63) is 41.0 Å². The summed E-state index contributed by atoms with van der Waals surface area (Å²) in [6, 6.07) is 6.48. The van der Waals surface area contributed by atoms with E-state index < -0.39 is 5.91 Å². The molecule has 1 amide bonds. The molecule has 0 bridgehead atoms. The third kappa shape index (κ3) is 3.94. The number of hydroxylamine groups is 1. The molecule has 0 radical (unpaired) electrons. The molecule has 0 fully saturated rings. The Morgan fingerprint density at radius 3 is 2.86 bits per heavy atom. The molecule has 5 nitrogen and oxygen atoms in total. The van der Waals surface area contributed by atoms with Crippen LogP contribution >= 0.6 is 0 Å². The molecule has 1 aliphatic carbocycles. The maximum Gasteiger partial charge on any atom is 0.267 e. The minimum atomic E-state index is -0.539. The Balaban J connectivity index is 2.10. The van der Waals surface area contributed by atoms with Gasteiger partial charge in [0.25, 0.3) is 5.91 Å². The van der Waals surface area contributed by atoms with Gasteiger partial charge in [0.2, 0.25) is 0 Å². The van der Waals surface area contributed by atoms with Crippen LogP contribution in [0.5, 0.6) is 0 Å². The summed E-state index contributed by atoms with van der Waals surface area (Å²) in [5.41, 5.74) is 5.04. The van der Waals surface area contributed by atoms with Gasteiger partial charge in [-0.2, -0.15) is 0 Å². The molecule has 2 rings (SSSR count). The molecule has 0 saturated carbocycles. The number of rotatable bonds is 6. The number of aryl methyl sites for hydroxylation is 1. The highest BCUT2D eigenvalue weighted by Gasteiger charge is 2.25. The molecule has 0 saturated heterocycles. The fraction of sp³-hybridized carbons (Fsp3) is 0.471. The molecule has 0 heterocycles. The zero-order valence-corrected chi connectivity index (χ0v) is 13.0. The fourth-order valence-corrected chi connectivity index (χ4v) is 2.84. The van der Waals surface area contributed by atoms with Gasteiger partial charge in [0.05, 0.1) is 6.61 Å². The van der Waals surface area contributed by atoms with Gasteiger partial charge >= 0.3 is 0 Å². The van der Waals surface area contributed by atoms with E-state index in [1.54, 1.807) is 11.6 Å². The van der Waals surface area contributed by atoms with Crippen LogP contribution in [-0.2, 0) is 11.2 Å². The molecule has 5 heteroatoms. The zero-order chi connectivity index (χ0) is 16.1. The Morgan fingerprint density at radius 1 is 1.45 bits per heavy atom. The lowest BCUT2D eigenvalue weighted by molar-refractivity contribution is -0.124. The van der Waals surface area contributed by atoms with Gasteiger partial charge in [-0.05, 0) is 41.5 Å². The van der Waals surface area contributed by atoms with Crippen LogP contribution in [-0.4, -0.2) is 28.9 Å². The van der Waals surface area contributed by atoms with Gasteiger partial charge < -0.3 is 10.4 Å². The molecule has 22 heavy (non-hydrogen) atoms. The van der Waals surface area contributed by atoms with Crippen LogP contribution in [0.2, 0.25) is 0 Å². The quantitative estimate of drug-likeness (QED) is 0.367. The van der Waals surface area contributed by atoms with Crippen molar-refractivity contribution in [2.24, 2.45) is 5.92 Å². The van der Waals surface area contributed by atoms with Crippen LogP contribution in [0, 0.1) is 5.92 Å². The number of benzene rings is 1. The van der Waals surface area contributed by atoms with Crippen molar-refractivity contribution in [1.82, 2.24) is 10.8 Å². The number of hydrogen-bond acceptors (Lipinski definition) is 4. The van der Waals surface area contributed by atoms with Gasteiger partial charge in [-0.15, -0.1) is 0 Å². The Kier molecular flexibility index (Phi) is 5.71. The van der Waals surface area contributed by atoms with E-state index in [0.29, 0.717) is 5.92 Å². The van der Waals surface area contributed by atoms with Crippen molar-refractivity contribution in [2.75, 3.05) is 6.61 Å². The number of nitrogens with one attached hydrogen (secondary N) is 2. The van der Waals surface area contributed by atoms with Gasteiger partial charge in [-0.3, -0.25) is 10.0 Å². The largest absolute Gasteiger partial charge is 0.395 e. The Labute approximate surface area is 131 Å². The highest BCUT2D eigenvalue weighted by molar-refractivity contribution is 5.90. The Hall–Kier alpha value is -1.69. The second kappa shape index (κ2) is 7.54. The van der Waals surface area contributed by atoms with Crippen molar-refractivity contribution >= 4 is 12.0 Å². The lowest BCUT2D eigenvalue weighted by Gasteiger charge is -2.25. The summed E-state index contributed by atoms with van der Waals surface area (Å²) in [5.74, 6) is -0.156. The first-order valence-corrected chi connectivity index (χ1v) is 7.67. The minimum absolute atomic E-state index is 0.101. The molecule has 120 valence electrons. The van der Waals surface area contributed by atoms with Crippen molar-refractivity contribution in [1.29, 1.82) is 0 Å².